The van der Waals surface area contributed by atoms with E-state index in [-0.39, 0.29) is 6.04 Å². The topological polar surface area (TPSA) is 93.2 Å². The number of nitrogens with one attached hydrogen (secondary N) is 2. The van der Waals surface area contributed by atoms with Crippen molar-refractivity contribution in [2.75, 3.05) is 10.7 Å². The molecule has 0 aromatic carbocycles. The lowest BCUT2D eigenvalue weighted by Gasteiger charge is -2.16. The van der Waals surface area contributed by atoms with Gasteiger partial charge in [-0.15, -0.1) is 0 Å². The number of hydrogen-bond donors (Lipinski definition) is 3. The molecule has 0 aliphatic carbocycles. The number of rotatable bonds is 4. The van der Waals surface area contributed by atoms with Crippen LogP contribution in [0.4, 0.5) is 11.6 Å². The third-order valence-electron chi connectivity index (χ3n) is 3.08. The van der Waals surface area contributed by atoms with E-state index in [4.69, 9.17) is 5.84 Å². The molecule has 3 aromatic rings. The van der Waals surface area contributed by atoms with Gasteiger partial charge in [0.25, 0.3) is 0 Å². The second-order valence-corrected chi connectivity index (χ2v) is 4.42. The number of hydrazine groups is 1. The highest BCUT2D eigenvalue weighted by Crippen LogP contribution is 2.21. The molecule has 0 radical (unpaired) electrons. The largest absolute Gasteiger partial charge is 0.360 e. The van der Waals surface area contributed by atoms with Crippen molar-refractivity contribution in [3.05, 3.63) is 48.7 Å². The summed E-state index contributed by atoms with van der Waals surface area (Å²) in [6.45, 7) is 2.05. The van der Waals surface area contributed by atoms with Crippen LogP contribution in [0.15, 0.2) is 43.1 Å². The van der Waals surface area contributed by atoms with Crippen LogP contribution in [-0.2, 0) is 0 Å². The Labute approximate surface area is 115 Å². The summed E-state index contributed by atoms with van der Waals surface area (Å²) in [5.74, 6) is 6.68. The summed E-state index contributed by atoms with van der Waals surface area (Å²) in [6.07, 6.45) is 8.89. The van der Waals surface area contributed by atoms with Crippen LogP contribution in [0.2, 0.25) is 0 Å². The maximum Gasteiger partial charge on any atom is 0.180 e. The minimum Gasteiger partial charge on any atom is -0.360 e. The monoisotopic (exact) mass is 269 g/mol. The Kier molecular flexibility index (Phi) is 3.18. The Morgan fingerprint density at radius 3 is 2.80 bits per heavy atom. The lowest BCUT2D eigenvalue weighted by molar-refractivity contribution is 0.869. The molecule has 0 aliphatic rings. The van der Waals surface area contributed by atoms with Crippen LogP contribution < -0.4 is 16.6 Å². The zero-order chi connectivity index (χ0) is 13.9. The molecule has 0 saturated carbocycles. The number of nitrogen functional groups attached to an aromatic ring is 1. The van der Waals surface area contributed by atoms with Gasteiger partial charge in [0.05, 0.1) is 12.2 Å². The number of anilines is 2. The summed E-state index contributed by atoms with van der Waals surface area (Å²) >= 11 is 0. The average Bonchev–Trinajstić information content (AvgIpc) is 2.96. The fourth-order valence-electron chi connectivity index (χ4n) is 2.04. The molecular weight excluding hydrogens is 254 g/mol. The van der Waals surface area contributed by atoms with Gasteiger partial charge in [0.2, 0.25) is 0 Å². The predicted octanol–water partition coefficient (Wildman–Crippen LogP) is 1.58. The third kappa shape index (κ3) is 2.26. The van der Waals surface area contributed by atoms with E-state index >= 15 is 0 Å². The van der Waals surface area contributed by atoms with Crippen LogP contribution in [0.25, 0.3) is 5.65 Å². The van der Waals surface area contributed by atoms with Crippen LogP contribution in [-0.4, -0.2) is 19.4 Å². The van der Waals surface area contributed by atoms with Crippen LogP contribution in [0, 0.1) is 0 Å². The molecule has 7 heteroatoms. The number of imidazole rings is 1. The molecule has 7 nitrogen and oxygen atoms in total. The number of nitrogens with zero attached hydrogens (tertiary/aromatic N) is 4. The molecule has 1 atom stereocenters. The Bertz CT molecular complexity index is 707. The number of aromatic nitrogens is 4. The number of hydrogen-bond acceptors (Lipinski definition) is 6. The van der Waals surface area contributed by atoms with E-state index in [0.717, 1.165) is 11.2 Å². The summed E-state index contributed by atoms with van der Waals surface area (Å²) < 4.78 is 1.86. The van der Waals surface area contributed by atoms with Gasteiger partial charge in [0.1, 0.15) is 0 Å². The fraction of sp³-hybridized carbons (Fsp3) is 0.154. The first-order chi connectivity index (χ1) is 9.78. The number of pyridine rings is 1. The highest BCUT2D eigenvalue weighted by Gasteiger charge is 2.11. The second-order valence-electron chi connectivity index (χ2n) is 4.42. The van der Waals surface area contributed by atoms with Crippen molar-refractivity contribution in [3.63, 3.8) is 0 Å². The molecule has 102 valence electrons. The van der Waals surface area contributed by atoms with E-state index in [1.165, 1.54) is 0 Å². The van der Waals surface area contributed by atoms with Gasteiger partial charge < -0.3 is 15.1 Å². The van der Waals surface area contributed by atoms with Crippen LogP contribution in [0.1, 0.15) is 18.5 Å². The normalized spacial score (nSPS) is 12.3. The lowest BCUT2D eigenvalue weighted by Crippen LogP contribution is -2.13. The van der Waals surface area contributed by atoms with E-state index in [9.17, 15) is 0 Å². The molecule has 0 saturated heterocycles. The second kappa shape index (κ2) is 5.14. The molecule has 0 bridgehead atoms. The van der Waals surface area contributed by atoms with E-state index in [1.54, 1.807) is 24.8 Å². The molecule has 3 aromatic heterocycles. The average molecular weight is 269 g/mol. The van der Waals surface area contributed by atoms with Gasteiger partial charge in [-0.25, -0.2) is 15.8 Å². The molecular formula is C13H15N7. The van der Waals surface area contributed by atoms with Crippen LogP contribution >= 0.6 is 0 Å². The van der Waals surface area contributed by atoms with Gasteiger partial charge in [-0.2, -0.15) is 0 Å². The molecule has 1 unspecified atom stereocenters. The first kappa shape index (κ1) is 12.4. The zero-order valence-corrected chi connectivity index (χ0v) is 11.0. The SMILES string of the molecule is CC(Nc1nc(NN)cn2ccnc12)c1ccncc1. The molecule has 3 heterocycles. The van der Waals surface area contributed by atoms with Crippen molar-refractivity contribution < 1.29 is 0 Å². The summed E-state index contributed by atoms with van der Waals surface area (Å²) in [4.78, 5) is 12.7. The van der Waals surface area contributed by atoms with Crippen LogP contribution in [0.3, 0.4) is 0 Å². The molecule has 0 fully saturated rings. The number of nitrogens with two attached hydrogens (primary N) is 1. The number of fused-ring (bicyclic) bond motifs is 1. The maximum absolute atomic E-state index is 5.44. The van der Waals surface area contributed by atoms with Crippen molar-refractivity contribution in [2.24, 2.45) is 5.84 Å². The van der Waals surface area contributed by atoms with E-state index in [2.05, 4.69) is 32.6 Å². The minimum absolute atomic E-state index is 0.0824. The Balaban J connectivity index is 1.95. The van der Waals surface area contributed by atoms with E-state index in [0.29, 0.717) is 11.6 Å². The molecule has 20 heavy (non-hydrogen) atoms. The Hall–Kier alpha value is -2.67. The van der Waals surface area contributed by atoms with Gasteiger partial charge in [0, 0.05) is 24.8 Å². The molecule has 0 amide bonds. The smallest absolute Gasteiger partial charge is 0.180 e. The molecule has 0 aliphatic heterocycles. The Morgan fingerprint density at radius 2 is 2.05 bits per heavy atom. The van der Waals surface area contributed by atoms with Crippen molar-refractivity contribution in [2.45, 2.75) is 13.0 Å². The lowest BCUT2D eigenvalue weighted by atomic mass is 10.1. The third-order valence-corrected chi connectivity index (χ3v) is 3.08. The minimum atomic E-state index is 0.0824. The van der Waals surface area contributed by atoms with Crippen molar-refractivity contribution in [3.8, 4) is 0 Å². The van der Waals surface area contributed by atoms with Gasteiger partial charge >= 0.3 is 0 Å². The van der Waals surface area contributed by atoms with Crippen molar-refractivity contribution in [1.82, 2.24) is 19.4 Å². The van der Waals surface area contributed by atoms with Gasteiger partial charge in [-0.1, -0.05) is 0 Å². The molecule has 4 N–H and O–H groups in total. The fourth-order valence-corrected chi connectivity index (χ4v) is 2.04. The maximum atomic E-state index is 5.44. The zero-order valence-electron chi connectivity index (χ0n) is 11.0. The standard InChI is InChI=1S/C13H15N7/c1-9(10-2-4-15-5-3-10)17-12-13-16-6-7-20(13)8-11(18-12)19-14/h2-9,19H,14H2,1H3,(H,17,18). The predicted molar refractivity (Wildman–Crippen MR) is 77.1 cm³/mol. The van der Waals surface area contributed by atoms with Crippen molar-refractivity contribution in [1.29, 1.82) is 0 Å². The highest BCUT2D eigenvalue weighted by atomic mass is 15.3. The molecule has 0 spiro atoms. The first-order valence-corrected chi connectivity index (χ1v) is 6.24. The summed E-state index contributed by atoms with van der Waals surface area (Å²) in [5.41, 5.74) is 4.43. The first-order valence-electron chi connectivity index (χ1n) is 6.24. The van der Waals surface area contributed by atoms with E-state index in [1.807, 2.05) is 22.7 Å². The molecule has 3 rings (SSSR count). The van der Waals surface area contributed by atoms with Gasteiger partial charge in [0.15, 0.2) is 17.3 Å². The highest BCUT2D eigenvalue weighted by molar-refractivity contribution is 5.65. The van der Waals surface area contributed by atoms with Crippen LogP contribution in [0.5, 0.6) is 0 Å². The summed E-state index contributed by atoms with van der Waals surface area (Å²) in [7, 11) is 0. The Morgan fingerprint density at radius 1 is 1.25 bits per heavy atom. The van der Waals surface area contributed by atoms with Gasteiger partial charge in [-0.05, 0) is 24.6 Å². The summed E-state index contributed by atoms with van der Waals surface area (Å²) in [5, 5.41) is 3.34. The van der Waals surface area contributed by atoms with Gasteiger partial charge in [-0.3, -0.25) is 4.98 Å². The van der Waals surface area contributed by atoms with E-state index < -0.39 is 0 Å². The van der Waals surface area contributed by atoms with Crippen molar-refractivity contribution >= 4 is 17.3 Å². The summed E-state index contributed by atoms with van der Waals surface area (Å²) in [6, 6.07) is 4.01. The quantitative estimate of drug-likeness (QED) is 0.492.